The molecule has 0 aliphatic heterocycles. The normalized spacial score (nSPS) is 11.4. The van der Waals surface area contributed by atoms with E-state index in [1.165, 1.54) is 29.0 Å². The number of carbonyl (C=O) groups excluding carboxylic acids is 1. The van der Waals surface area contributed by atoms with Gasteiger partial charge in [-0.05, 0) is 47.4 Å². The fourth-order valence-electron chi connectivity index (χ4n) is 2.38. The van der Waals surface area contributed by atoms with Crippen LogP contribution in [0.25, 0.3) is 11.3 Å². The molecule has 25 heavy (non-hydrogen) atoms. The standard InChI is InChI=1S/C20H19FN2OS/c1-20(2,3)15-8-4-14(5-9-15)18(24)23-19-22-17(12-25-19)13-6-10-16(21)11-7-13/h4-12H,1-3H3,(H,22,23,24). The van der Waals surface area contributed by atoms with Crippen LogP contribution in [0.15, 0.2) is 53.9 Å². The van der Waals surface area contributed by atoms with Crippen LogP contribution in [0.5, 0.6) is 0 Å². The van der Waals surface area contributed by atoms with E-state index in [0.717, 1.165) is 5.56 Å². The number of hydrogen-bond acceptors (Lipinski definition) is 3. The predicted molar refractivity (Wildman–Crippen MR) is 101 cm³/mol. The van der Waals surface area contributed by atoms with Gasteiger partial charge in [0.2, 0.25) is 0 Å². The minimum atomic E-state index is -0.286. The molecular weight excluding hydrogens is 335 g/mol. The monoisotopic (exact) mass is 354 g/mol. The Morgan fingerprint density at radius 3 is 2.28 bits per heavy atom. The van der Waals surface area contributed by atoms with Crippen molar-refractivity contribution in [2.75, 3.05) is 5.32 Å². The van der Waals surface area contributed by atoms with Crippen LogP contribution in [0.3, 0.4) is 0 Å². The highest BCUT2D eigenvalue weighted by molar-refractivity contribution is 7.14. The van der Waals surface area contributed by atoms with Crippen molar-refractivity contribution in [2.24, 2.45) is 0 Å². The molecule has 1 N–H and O–H groups in total. The Morgan fingerprint density at radius 2 is 1.68 bits per heavy atom. The van der Waals surface area contributed by atoms with Crippen molar-refractivity contribution in [1.82, 2.24) is 4.98 Å². The van der Waals surface area contributed by atoms with Crippen LogP contribution in [-0.2, 0) is 5.41 Å². The first kappa shape index (κ1) is 17.3. The maximum Gasteiger partial charge on any atom is 0.257 e. The zero-order valence-corrected chi connectivity index (χ0v) is 15.2. The average molecular weight is 354 g/mol. The molecule has 0 fully saturated rings. The highest BCUT2D eigenvalue weighted by Crippen LogP contribution is 2.26. The summed E-state index contributed by atoms with van der Waals surface area (Å²) in [5.41, 5.74) is 3.34. The van der Waals surface area contributed by atoms with Crippen molar-refractivity contribution < 1.29 is 9.18 Å². The summed E-state index contributed by atoms with van der Waals surface area (Å²) < 4.78 is 13.0. The molecule has 0 aliphatic rings. The molecule has 3 aromatic rings. The second kappa shape index (κ2) is 6.76. The molecule has 0 unspecified atom stereocenters. The van der Waals surface area contributed by atoms with Crippen molar-refractivity contribution in [3.63, 3.8) is 0 Å². The molecule has 5 heteroatoms. The summed E-state index contributed by atoms with van der Waals surface area (Å²) in [7, 11) is 0. The molecule has 0 saturated carbocycles. The van der Waals surface area contributed by atoms with Gasteiger partial charge in [0.1, 0.15) is 5.82 Å². The number of benzene rings is 2. The first-order chi connectivity index (χ1) is 11.8. The number of carbonyl (C=O) groups is 1. The predicted octanol–water partition coefficient (Wildman–Crippen LogP) is 5.50. The zero-order valence-electron chi connectivity index (χ0n) is 14.3. The number of thiazole rings is 1. The Kier molecular flexibility index (Phi) is 4.68. The van der Waals surface area contributed by atoms with Gasteiger partial charge >= 0.3 is 0 Å². The molecule has 0 bridgehead atoms. The van der Waals surface area contributed by atoms with Gasteiger partial charge in [-0.25, -0.2) is 9.37 Å². The van der Waals surface area contributed by atoms with Crippen molar-refractivity contribution in [3.8, 4) is 11.3 Å². The Morgan fingerprint density at radius 1 is 1.04 bits per heavy atom. The molecule has 2 aromatic carbocycles. The van der Waals surface area contributed by atoms with E-state index in [9.17, 15) is 9.18 Å². The molecule has 128 valence electrons. The van der Waals surface area contributed by atoms with Crippen LogP contribution in [0, 0.1) is 5.82 Å². The molecule has 0 saturated heterocycles. The van der Waals surface area contributed by atoms with Gasteiger partial charge in [-0.1, -0.05) is 32.9 Å². The molecule has 3 nitrogen and oxygen atoms in total. The van der Waals surface area contributed by atoms with E-state index >= 15 is 0 Å². The van der Waals surface area contributed by atoms with Gasteiger partial charge in [0.25, 0.3) is 5.91 Å². The quantitative estimate of drug-likeness (QED) is 0.675. The third-order valence-corrected chi connectivity index (χ3v) is 4.64. The van der Waals surface area contributed by atoms with Gasteiger partial charge in [0.05, 0.1) is 5.69 Å². The lowest BCUT2D eigenvalue weighted by Crippen LogP contribution is -2.14. The summed E-state index contributed by atoms with van der Waals surface area (Å²) in [6.45, 7) is 6.40. The third-order valence-electron chi connectivity index (χ3n) is 3.88. The maximum atomic E-state index is 13.0. The fraction of sp³-hybridized carbons (Fsp3) is 0.200. The van der Waals surface area contributed by atoms with E-state index in [4.69, 9.17) is 0 Å². The topological polar surface area (TPSA) is 42.0 Å². The second-order valence-corrected chi connectivity index (χ2v) is 7.68. The molecule has 0 radical (unpaired) electrons. The van der Waals surface area contributed by atoms with Gasteiger partial charge in [-0.2, -0.15) is 0 Å². The van der Waals surface area contributed by atoms with Crippen LogP contribution in [-0.4, -0.2) is 10.9 Å². The molecule has 1 amide bonds. The number of nitrogens with zero attached hydrogens (tertiary/aromatic N) is 1. The van der Waals surface area contributed by atoms with E-state index in [1.807, 2.05) is 29.6 Å². The Hall–Kier alpha value is -2.53. The molecule has 1 aromatic heterocycles. The van der Waals surface area contributed by atoms with Crippen LogP contribution < -0.4 is 5.32 Å². The number of rotatable bonds is 3. The van der Waals surface area contributed by atoms with Crippen LogP contribution in [0.1, 0.15) is 36.7 Å². The van der Waals surface area contributed by atoms with Crippen molar-refractivity contribution >= 4 is 22.4 Å². The first-order valence-electron chi connectivity index (χ1n) is 7.96. The first-order valence-corrected chi connectivity index (χ1v) is 8.84. The Bertz CT molecular complexity index is 877. The van der Waals surface area contributed by atoms with Crippen molar-refractivity contribution in [3.05, 3.63) is 70.9 Å². The molecule has 3 rings (SSSR count). The van der Waals surface area contributed by atoms with E-state index in [1.54, 1.807) is 12.1 Å². The molecule has 1 heterocycles. The highest BCUT2D eigenvalue weighted by atomic mass is 32.1. The minimum Gasteiger partial charge on any atom is -0.298 e. The average Bonchev–Trinajstić information content (AvgIpc) is 3.03. The molecule has 0 atom stereocenters. The number of aromatic nitrogens is 1. The number of hydrogen-bond donors (Lipinski definition) is 1. The summed E-state index contributed by atoms with van der Waals surface area (Å²) in [6.07, 6.45) is 0. The van der Waals surface area contributed by atoms with E-state index < -0.39 is 0 Å². The lowest BCUT2D eigenvalue weighted by molar-refractivity contribution is 0.102. The van der Waals surface area contributed by atoms with Gasteiger partial charge in [-0.3, -0.25) is 10.1 Å². The Labute approximate surface area is 150 Å². The summed E-state index contributed by atoms with van der Waals surface area (Å²) in [5, 5.41) is 5.17. The molecule has 0 aliphatic carbocycles. The van der Waals surface area contributed by atoms with Gasteiger partial charge in [-0.15, -0.1) is 11.3 Å². The summed E-state index contributed by atoms with van der Waals surface area (Å²) in [5.74, 6) is -0.480. The molecule has 0 spiro atoms. The van der Waals surface area contributed by atoms with Gasteiger partial charge < -0.3 is 0 Å². The largest absolute Gasteiger partial charge is 0.298 e. The smallest absolute Gasteiger partial charge is 0.257 e. The molecular formula is C20H19FN2OS. The highest BCUT2D eigenvalue weighted by Gasteiger charge is 2.15. The Balaban J connectivity index is 1.72. The zero-order chi connectivity index (χ0) is 18.0. The summed E-state index contributed by atoms with van der Waals surface area (Å²) in [6, 6.07) is 13.7. The van der Waals surface area contributed by atoms with E-state index in [0.29, 0.717) is 16.4 Å². The lowest BCUT2D eigenvalue weighted by atomic mass is 9.87. The van der Waals surface area contributed by atoms with E-state index in [2.05, 4.69) is 31.1 Å². The second-order valence-electron chi connectivity index (χ2n) is 6.83. The minimum absolute atomic E-state index is 0.0500. The van der Waals surface area contributed by atoms with Crippen LogP contribution >= 0.6 is 11.3 Å². The third kappa shape index (κ3) is 4.12. The maximum absolute atomic E-state index is 13.0. The van der Waals surface area contributed by atoms with Crippen LogP contribution in [0.2, 0.25) is 0 Å². The van der Waals surface area contributed by atoms with Crippen molar-refractivity contribution in [2.45, 2.75) is 26.2 Å². The van der Waals surface area contributed by atoms with Gasteiger partial charge in [0, 0.05) is 16.5 Å². The number of nitrogens with one attached hydrogen (secondary N) is 1. The summed E-state index contributed by atoms with van der Waals surface area (Å²) in [4.78, 5) is 16.8. The summed E-state index contributed by atoms with van der Waals surface area (Å²) >= 11 is 1.34. The lowest BCUT2D eigenvalue weighted by Gasteiger charge is -2.18. The number of amides is 1. The fourth-order valence-corrected chi connectivity index (χ4v) is 3.09. The SMILES string of the molecule is CC(C)(C)c1ccc(C(=O)Nc2nc(-c3ccc(F)cc3)cs2)cc1. The van der Waals surface area contributed by atoms with Crippen molar-refractivity contribution in [1.29, 1.82) is 0 Å². The number of halogens is 1. The van der Waals surface area contributed by atoms with Gasteiger partial charge in [0.15, 0.2) is 5.13 Å². The number of anilines is 1. The van der Waals surface area contributed by atoms with Crippen LogP contribution in [0.4, 0.5) is 9.52 Å². The van der Waals surface area contributed by atoms with E-state index in [-0.39, 0.29) is 17.1 Å².